The molecule has 0 atom stereocenters. The molecule has 2 saturated carbocycles. The summed E-state index contributed by atoms with van der Waals surface area (Å²) < 4.78 is 1.77. The summed E-state index contributed by atoms with van der Waals surface area (Å²) in [5, 5.41) is 7.41. The van der Waals surface area contributed by atoms with Gasteiger partial charge in [0.1, 0.15) is 0 Å². The summed E-state index contributed by atoms with van der Waals surface area (Å²) in [5.74, 6) is 0.152. The third-order valence-electron chi connectivity index (χ3n) is 5.85. The number of nitrogens with one attached hydrogen (secondary N) is 1. The molecule has 4 rings (SSSR count). The summed E-state index contributed by atoms with van der Waals surface area (Å²) in [6.07, 6.45) is 7.59. The summed E-state index contributed by atoms with van der Waals surface area (Å²) >= 11 is 0. The molecular formula is C18H26N4O2. The number of aryl methyl sites for hydroxylation is 1. The molecule has 0 radical (unpaired) electrons. The molecule has 1 N–H and O–H groups in total. The van der Waals surface area contributed by atoms with Crippen molar-refractivity contribution in [3.8, 4) is 0 Å². The predicted octanol–water partition coefficient (Wildman–Crippen LogP) is 2.12. The highest BCUT2D eigenvalue weighted by molar-refractivity contribution is 5.95. The molecular weight excluding hydrogens is 304 g/mol. The molecule has 2 amide bonds. The Hall–Kier alpha value is -1.85. The van der Waals surface area contributed by atoms with Crippen LogP contribution in [0.2, 0.25) is 0 Å². The molecule has 2 aliphatic carbocycles. The van der Waals surface area contributed by atoms with E-state index < -0.39 is 0 Å². The number of carbonyl (C=O) groups excluding carboxylic acids is 2. The Morgan fingerprint density at radius 1 is 1.17 bits per heavy atom. The zero-order chi connectivity index (χ0) is 16.9. The SMILES string of the molecule is Cn1nc(C(=O)NC2CC2)c2c1CN(C(=O)C1(C)CCCCC1)C2. The van der Waals surface area contributed by atoms with Gasteiger partial charge in [0.2, 0.25) is 5.91 Å². The third-order valence-corrected chi connectivity index (χ3v) is 5.85. The molecule has 6 heteroatoms. The monoisotopic (exact) mass is 330 g/mol. The van der Waals surface area contributed by atoms with Crippen molar-refractivity contribution in [2.75, 3.05) is 0 Å². The highest BCUT2D eigenvalue weighted by Gasteiger charge is 2.41. The van der Waals surface area contributed by atoms with Crippen molar-refractivity contribution >= 4 is 11.8 Å². The quantitative estimate of drug-likeness (QED) is 0.923. The first-order valence-electron chi connectivity index (χ1n) is 9.13. The van der Waals surface area contributed by atoms with Crippen LogP contribution in [-0.4, -0.2) is 32.5 Å². The van der Waals surface area contributed by atoms with Crippen LogP contribution >= 0.6 is 0 Å². The highest BCUT2D eigenvalue weighted by atomic mass is 16.2. The van der Waals surface area contributed by atoms with Gasteiger partial charge in [-0.25, -0.2) is 0 Å². The number of nitrogens with zero attached hydrogens (tertiary/aromatic N) is 3. The minimum atomic E-state index is -0.232. The first-order chi connectivity index (χ1) is 11.5. The Kier molecular flexibility index (Phi) is 3.66. The van der Waals surface area contributed by atoms with Crippen LogP contribution < -0.4 is 5.32 Å². The third kappa shape index (κ3) is 2.62. The predicted molar refractivity (Wildman–Crippen MR) is 89.1 cm³/mol. The van der Waals surface area contributed by atoms with Crippen LogP contribution in [0.4, 0.5) is 0 Å². The summed E-state index contributed by atoms with van der Waals surface area (Å²) in [6.45, 7) is 3.20. The maximum absolute atomic E-state index is 13.1. The van der Waals surface area contributed by atoms with Gasteiger partial charge < -0.3 is 10.2 Å². The topological polar surface area (TPSA) is 67.2 Å². The van der Waals surface area contributed by atoms with Gasteiger partial charge in [0.25, 0.3) is 5.91 Å². The minimum Gasteiger partial charge on any atom is -0.348 e. The van der Waals surface area contributed by atoms with E-state index in [2.05, 4.69) is 17.3 Å². The number of carbonyl (C=O) groups is 2. The lowest BCUT2D eigenvalue weighted by Crippen LogP contribution is -2.41. The second-order valence-corrected chi connectivity index (χ2v) is 7.93. The van der Waals surface area contributed by atoms with Crippen molar-refractivity contribution in [1.82, 2.24) is 20.0 Å². The van der Waals surface area contributed by atoms with Crippen molar-refractivity contribution in [3.05, 3.63) is 17.0 Å². The molecule has 0 saturated heterocycles. The number of hydrogen-bond donors (Lipinski definition) is 1. The number of fused-ring (bicyclic) bond motifs is 1. The Morgan fingerprint density at radius 2 is 1.88 bits per heavy atom. The van der Waals surface area contributed by atoms with Gasteiger partial charge in [-0.05, 0) is 25.7 Å². The van der Waals surface area contributed by atoms with E-state index in [4.69, 9.17) is 0 Å². The summed E-state index contributed by atoms with van der Waals surface area (Å²) in [6, 6.07) is 0.315. The summed E-state index contributed by atoms with van der Waals surface area (Å²) in [4.78, 5) is 27.4. The Labute approximate surface area is 142 Å². The van der Waals surface area contributed by atoms with Crippen molar-refractivity contribution in [2.24, 2.45) is 12.5 Å². The molecule has 130 valence electrons. The number of rotatable bonds is 3. The van der Waals surface area contributed by atoms with Gasteiger partial charge in [0.15, 0.2) is 5.69 Å². The van der Waals surface area contributed by atoms with E-state index >= 15 is 0 Å². The summed E-state index contributed by atoms with van der Waals surface area (Å²) in [7, 11) is 1.86. The molecule has 24 heavy (non-hydrogen) atoms. The molecule has 1 aliphatic heterocycles. The van der Waals surface area contributed by atoms with Gasteiger partial charge in [0.05, 0.1) is 18.8 Å². The number of hydrogen-bond acceptors (Lipinski definition) is 3. The molecule has 0 bridgehead atoms. The molecule has 1 aromatic heterocycles. The minimum absolute atomic E-state index is 0.0903. The van der Waals surface area contributed by atoms with Crippen molar-refractivity contribution < 1.29 is 9.59 Å². The largest absolute Gasteiger partial charge is 0.348 e. The number of aromatic nitrogens is 2. The van der Waals surface area contributed by atoms with Crippen LogP contribution in [0.5, 0.6) is 0 Å². The number of amides is 2. The summed E-state index contributed by atoms with van der Waals surface area (Å²) in [5.41, 5.74) is 2.21. The van der Waals surface area contributed by atoms with Crippen LogP contribution in [0.3, 0.4) is 0 Å². The lowest BCUT2D eigenvalue weighted by Gasteiger charge is -2.35. The maximum atomic E-state index is 13.1. The van der Waals surface area contributed by atoms with Gasteiger partial charge >= 0.3 is 0 Å². The molecule has 6 nitrogen and oxygen atoms in total. The van der Waals surface area contributed by atoms with Crippen LogP contribution in [0.15, 0.2) is 0 Å². The average Bonchev–Trinajstić information content (AvgIpc) is 3.17. The van der Waals surface area contributed by atoms with Crippen molar-refractivity contribution in [2.45, 2.75) is 71.0 Å². The van der Waals surface area contributed by atoms with Crippen molar-refractivity contribution in [3.63, 3.8) is 0 Å². The molecule has 0 spiro atoms. The van der Waals surface area contributed by atoms with Crippen LogP contribution in [0.1, 0.15) is 73.6 Å². The zero-order valence-corrected chi connectivity index (χ0v) is 14.6. The smallest absolute Gasteiger partial charge is 0.272 e. The molecule has 2 heterocycles. The van der Waals surface area contributed by atoms with Crippen LogP contribution in [0, 0.1) is 5.41 Å². The van der Waals surface area contributed by atoms with E-state index in [1.807, 2.05) is 11.9 Å². The fourth-order valence-electron chi connectivity index (χ4n) is 4.13. The van der Waals surface area contributed by atoms with Crippen LogP contribution in [0.25, 0.3) is 0 Å². The fraction of sp³-hybridized carbons (Fsp3) is 0.722. The maximum Gasteiger partial charge on any atom is 0.272 e. The van der Waals surface area contributed by atoms with Gasteiger partial charge in [-0.15, -0.1) is 0 Å². The van der Waals surface area contributed by atoms with Crippen LogP contribution in [-0.2, 0) is 24.9 Å². The van der Waals surface area contributed by atoms with E-state index in [-0.39, 0.29) is 17.2 Å². The average molecular weight is 330 g/mol. The van der Waals surface area contributed by atoms with E-state index in [9.17, 15) is 9.59 Å². The normalized spacial score (nSPS) is 22.3. The first-order valence-corrected chi connectivity index (χ1v) is 9.13. The molecule has 3 aliphatic rings. The van der Waals surface area contributed by atoms with E-state index in [0.29, 0.717) is 24.8 Å². The van der Waals surface area contributed by atoms with Crippen molar-refractivity contribution in [1.29, 1.82) is 0 Å². The standard InChI is InChI=1S/C18H26N4O2/c1-18(8-4-3-5-9-18)17(24)22-10-13-14(11-22)21(2)20-15(13)16(23)19-12-6-7-12/h12H,3-11H2,1-2H3,(H,19,23). The van der Waals surface area contributed by atoms with E-state index in [1.54, 1.807) is 4.68 Å². The fourth-order valence-corrected chi connectivity index (χ4v) is 4.13. The molecule has 1 aromatic rings. The zero-order valence-electron chi connectivity index (χ0n) is 14.6. The van der Waals surface area contributed by atoms with Gasteiger partial charge in [-0.1, -0.05) is 26.2 Å². The van der Waals surface area contributed by atoms with E-state index in [1.165, 1.54) is 6.42 Å². The van der Waals surface area contributed by atoms with Gasteiger partial charge in [0, 0.05) is 24.1 Å². The second-order valence-electron chi connectivity index (χ2n) is 7.93. The molecule has 2 fully saturated rings. The Balaban J connectivity index is 1.53. The second kappa shape index (κ2) is 5.60. The lowest BCUT2D eigenvalue weighted by atomic mass is 9.74. The highest BCUT2D eigenvalue weighted by Crippen LogP contribution is 2.39. The Morgan fingerprint density at radius 3 is 2.54 bits per heavy atom. The lowest BCUT2D eigenvalue weighted by molar-refractivity contribution is -0.143. The van der Waals surface area contributed by atoms with E-state index in [0.717, 1.165) is 49.8 Å². The van der Waals surface area contributed by atoms with Gasteiger partial charge in [-0.2, -0.15) is 5.10 Å². The van der Waals surface area contributed by atoms with Gasteiger partial charge in [-0.3, -0.25) is 14.3 Å². The first kappa shape index (κ1) is 15.7. The Bertz CT molecular complexity index is 683. The molecule has 0 aromatic carbocycles. The molecule has 0 unspecified atom stereocenters.